The van der Waals surface area contributed by atoms with Gasteiger partial charge in [-0.1, -0.05) is 48.5 Å². The van der Waals surface area contributed by atoms with Crippen molar-refractivity contribution in [3.63, 3.8) is 0 Å². The number of ether oxygens (including phenoxy) is 2. The van der Waals surface area contributed by atoms with Gasteiger partial charge in [0.25, 0.3) is 0 Å². The van der Waals surface area contributed by atoms with Crippen LogP contribution in [0.5, 0.6) is 0 Å². The summed E-state index contributed by atoms with van der Waals surface area (Å²) in [4.78, 5) is 32.7. The second kappa shape index (κ2) is 23.5. The summed E-state index contributed by atoms with van der Waals surface area (Å²) in [6.45, 7) is -0.182. The third kappa shape index (κ3) is 13.9. The molecule has 3 fully saturated rings. The Morgan fingerprint density at radius 2 is 0.902 bits per heavy atom. The van der Waals surface area contributed by atoms with Gasteiger partial charge in [0.1, 0.15) is 40.2 Å². The molecule has 61 heavy (non-hydrogen) atoms. The van der Waals surface area contributed by atoms with E-state index in [1.807, 2.05) is 12.1 Å². The minimum Gasteiger partial charge on any atom is -0.478 e. The van der Waals surface area contributed by atoms with Crippen molar-refractivity contribution < 1.29 is 56.0 Å². The summed E-state index contributed by atoms with van der Waals surface area (Å²) in [6, 6.07) is 23.3. The van der Waals surface area contributed by atoms with Gasteiger partial charge in [0.2, 0.25) is 0 Å². The molecule has 0 aromatic heterocycles. The van der Waals surface area contributed by atoms with Crippen LogP contribution in [0.3, 0.4) is 0 Å². The lowest BCUT2D eigenvalue weighted by Crippen LogP contribution is -2.08. The van der Waals surface area contributed by atoms with Gasteiger partial charge in [-0.25, -0.2) is 36.3 Å². The number of carbonyl (C=O) groups excluding carboxylic acids is 2. The molecule has 5 aromatic rings. The van der Waals surface area contributed by atoms with Gasteiger partial charge in [0.05, 0.1) is 32.3 Å². The van der Waals surface area contributed by atoms with E-state index < -0.39 is 35.4 Å². The first-order chi connectivity index (χ1) is 29.2. The summed E-state index contributed by atoms with van der Waals surface area (Å²) >= 11 is 11.6. The molecule has 7 nitrogen and oxygen atoms in total. The molecule has 0 amide bonds. The largest absolute Gasteiger partial charge is 0.478 e. The number of carbonyl (C=O) groups is 3. The molecule has 0 radical (unpaired) electrons. The highest BCUT2D eigenvalue weighted by Gasteiger charge is 2.30. The van der Waals surface area contributed by atoms with Gasteiger partial charge in [-0.15, -0.1) is 11.6 Å². The van der Waals surface area contributed by atoms with Crippen LogP contribution in [-0.4, -0.2) is 42.3 Å². The first-order valence-electron chi connectivity index (χ1n) is 19.0. The molecule has 0 spiro atoms. The number of hydrogen-bond acceptors (Lipinski definition) is 6. The Balaban J connectivity index is 0.000000168. The van der Waals surface area contributed by atoms with Crippen LogP contribution in [0.25, 0.3) is 0 Å². The number of hydrogen-bond donors (Lipinski definition) is 2. The number of aliphatic hydroxyl groups excluding tert-OH is 1. The van der Waals surface area contributed by atoms with E-state index in [0.29, 0.717) is 39.2 Å². The van der Waals surface area contributed by atoms with Crippen LogP contribution in [0, 0.1) is 29.1 Å². The number of alkyl halides is 1. The Morgan fingerprint density at radius 1 is 0.557 bits per heavy atom. The number of carboxylic acid groups (broad SMARTS) is 1. The maximum Gasteiger partial charge on any atom is 0.342 e. The number of carboxylic acids is 1. The van der Waals surface area contributed by atoms with E-state index in [0.717, 1.165) is 48.4 Å². The van der Waals surface area contributed by atoms with Crippen molar-refractivity contribution in [3.05, 3.63) is 174 Å². The molecule has 0 unspecified atom stereocenters. The smallest absolute Gasteiger partial charge is 0.342 e. The predicted octanol–water partition coefficient (Wildman–Crippen LogP) is 12.8. The van der Waals surface area contributed by atoms with Crippen molar-refractivity contribution in [2.45, 2.75) is 68.8 Å². The van der Waals surface area contributed by atoms with Crippen LogP contribution in [0.1, 0.15) is 115 Å². The normalized spacial score (nSPS) is 13.6. The minimum absolute atomic E-state index is 0.0694. The lowest BCUT2D eigenvalue weighted by atomic mass is 10.0. The average Bonchev–Trinajstić information content (AvgIpc) is 4.07. The Labute approximate surface area is 372 Å². The molecule has 324 valence electrons. The molecule has 0 bridgehead atoms. The van der Waals surface area contributed by atoms with Gasteiger partial charge in [-0.2, -0.15) is 0 Å². The molecule has 2 N–H and O–H groups in total. The zero-order chi connectivity index (χ0) is 44.8. The third-order valence-electron chi connectivity index (χ3n) is 9.62. The van der Waals surface area contributed by atoms with Gasteiger partial charge >= 0.3 is 17.9 Å². The lowest BCUT2D eigenvalue weighted by molar-refractivity contribution is 0.0585. The van der Waals surface area contributed by atoms with Crippen molar-refractivity contribution in [1.82, 2.24) is 0 Å². The molecule has 0 saturated heterocycles. The standard InChI is InChI=1S/C11H11FO2.C10H10ClF.C10H11FO.C8H6BrFO2.C7H4BrFO2/c1-14-11(13)10-8(7-5-6-7)3-2-4-9(10)12;11-6-9-8(7-4-5-7)2-1-3-10(9)12;11-10-3-1-2-8(7-4-5-7)9(10)6-12;1-12-8(11)7-5(9)3-2-4-6(7)10;8-4-2-1-3-5(9)6(4)7(10)11/h2-4,7H,5-6H2,1H3;1-3,7H,4-6H2;1-3,7,12H,4-6H2;2-4H,1H3;1-3H,(H,10,11). The predicted molar refractivity (Wildman–Crippen MR) is 228 cm³/mol. The maximum absolute atomic E-state index is 13.4. The van der Waals surface area contributed by atoms with Gasteiger partial charge in [-0.3, -0.25) is 0 Å². The molecule has 15 heteroatoms. The Bertz CT molecular complexity index is 2220. The first-order valence-corrected chi connectivity index (χ1v) is 21.1. The van der Waals surface area contributed by atoms with Gasteiger partial charge < -0.3 is 19.7 Å². The second-order valence-corrected chi connectivity index (χ2v) is 15.9. The van der Waals surface area contributed by atoms with Crippen molar-refractivity contribution in [2.24, 2.45) is 0 Å². The molecule has 3 aliphatic rings. The fourth-order valence-electron chi connectivity index (χ4n) is 6.10. The van der Waals surface area contributed by atoms with Crippen LogP contribution < -0.4 is 0 Å². The van der Waals surface area contributed by atoms with Gasteiger partial charge in [0, 0.05) is 20.1 Å². The number of halogens is 8. The zero-order valence-corrected chi connectivity index (χ0v) is 36.9. The summed E-state index contributed by atoms with van der Waals surface area (Å²) in [5.41, 5.74) is 3.80. The maximum atomic E-state index is 13.4. The van der Waals surface area contributed by atoms with E-state index in [9.17, 15) is 36.3 Å². The van der Waals surface area contributed by atoms with Crippen LogP contribution in [0.15, 0.2) is 99.9 Å². The molecular formula is C46H42Br2ClF5O7. The van der Waals surface area contributed by atoms with Gasteiger partial charge in [-0.05, 0) is 147 Å². The quantitative estimate of drug-likeness (QED) is 0.0905. The summed E-state index contributed by atoms with van der Waals surface area (Å²) in [7, 11) is 2.48. The number of esters is 2. The summed E-state index contributed by atoms with van der Waals surface area (Å²) in [5.74, 6) is -3.05. The lowest BCUT2D eigenvalue weighted by Gasteiger charge is -2.07. The Morgan fingerprint density at radius 3 is 1.28 bits per heavy atom. The van der Waals surface area contributed by atoms with Crippen LogP contribution in [0.4, 0.5) is 22.0 Å². The van der Waals surface area contributed by atoms with E-state index in [-0.39, 0.29) is 39.4 Å². The number of methoxy groups -OCH3 is 2. The van der Waals surface area contributed by atoms with E-state index in [4.69, 9.17) is 21.8 Å². The monoisotopic (exact) mass is 994 g/mol. The highest BCUT2D eigenvalue weighted by molar-refractivity contribution is 9.10. The zero-order valence-electron chi connectivity index (χ0n) is 33.0. The molecule has 0 heterocycles. The minimum atomic E-state index is -1.27. The second-order valence-electron chi connectivity index (χ2n) is 13.9. The fourth-order valence-corrected chi connectivity index (χ4v) is 7.40. The van der Waals surface area contributed by atoms with Crippen LogP contribution in [0.2, 0.25) is 0 Å². The summed E-state index contributed by atoms with van der Waals surface area (Å²) < 4.78 is 74.9. The number of aliphatic hydroxyl groups is 1. The van der Waals surface area contributed by atoms with Crippen molar-refractivity contribution in [3.8, 4) is 0 Å². The van der Waals surface area contributed by atoms with E-state index in [1.165, 1.54) is 69.5 Å². The highest BCUT2D eigenvalue weighted by Crippen LogP contribution is 2.44. The Hall–Kier alpha value is -4.63. The van der Waals surface area contributed by atoms with Crippen molar-refractivity contribution >= 4 is 61.4 Å². The number of rotatable bonds is 8. The number of benzene rings is 5. The molecular weight excluding hydrogens is 955 g/mol. The third-order valence-corrected chi connectivity index (χ3v) is 11.2. The van der Waals surface area contributed by atoms with Crippen LogP contribution in [-0.2, 0) is 22.0 Å². The van der Waals surface area contributed by atoms with E-state index in [2.05, 4.69) is 41.3 Å². The molecule has 0 atom stereocenters. The summed E-state index contributed by atoms with van der Waals surface area (Å²) in [5, 5.41) is 17.4. The molecule has 0 aliphatic heterocycles. The molecule has 3 saturated carbocycles. The van der Waals surface area contributed by atoms with Crippen molar-refractivity contribution in [2.75, 3.05) is 14.2 Å². The number of aromatic carboxylic acids is 1. The SMILES string of the molecule is COC(=O)c1c(F)cccc1Br.COC(=O)c1c(F)cccc1C1CC1.Fc1cccc(C2CC2)c1CCl.O=C(O)c1c(F)cccc1Br.OCc1c(F)cccc1C1CC1. The average molecular weight is 997 g/mol. The van der Waals surface area contributed by atoms with Gasteiger partial charge in [0.15, 0.2) is 0 Å². The first kappa shape index (κ1) is 49.0. The van der Waals surface area contributed by atoms with E-state index in [1.54, 1.807) is 30.3 Å². The molecule has 5 aromatic carbocycles. The van der Waals surface area contributed by atoms with Crippen molar-refractivity contribution in [1.29, 1.82) is 0 Å². The van der Waals surface area contributed by atoms with Crippen LogP contribution >= 0.6 is 43.5 Å². The summed E-state index contributed by atoms with van der Waals surface area (Å²) in [6.07, 6.45) is 6.72. The molecule has 8 rings (SSSR count). The molecule has 3 aliphatic carbocycles. The Kier molecular flexibility index (Phi) is 18.9. The highest BCUT2D eigenvalue weighted by atomic mass is 79.9. The fraction of sp³-hybridized carbons (Fsp3) is 0.283. The van der Waals surface area contributed by atoms with E-state index >= 15 is 0 Å². The topological polar surface area (TPSA) is 110 Å².